The van der Waals surface area contributed by atoms with Crippen molar-refractivity contribution in [3.8, 4) is 0 Å². The Bertz CT molecular complexity index is 923. The molecule has 0 atom stereocenters. The molecule has 1 aromatic heterocycles. The maximum Gasteiger partial charge on any atom is 0.258 e. The second-order valence-corrected chi connectivity index (χ2v) is 5.95. The molecule has 0 saturated heterocycles. The Balaban J connectivity index is 1.64. The third kappa shape index (κ3) is 4.43. The summed E-state index contributed by atoms with van der Waals surface area (Å²) in [6.07, 6.45) is 2.87. The molecule has 1 heterocycles. The molecule has 6 nitrogen and oxygen atoms in total. The van der Waals surface area contributed by atoms with Crippen LogP contribution in [0.2, 0.25) is 5.02 Å². The topological polar surface area (TPSA) is 84.0 Å². The van der Waals surface area contributed by atoms with Gasteiger partial charge < -0.3 is 10.6 Å². The summed E-state index contributed by atoms with van der Waals surface area (Å²) in [6.45, 7) is 1.51. The predicted molar refractivity (Wildman–Crippen MR) is 101 cm³/mol. The number of anilines is 3. The molecule has 1 amide bonds. The Labute approximate surface area is 155 Å². The molecule has 3 aromatic rings. The van der Waals surface area contributed by atoms with E-state index in [1.54, 1.807) is 48.5 Å². The van der Waals surface area contributed by atoms with E-state index in [1.165, 1.54) is 19.3 Å². The monoisotopic (exact) mass is 366 g/mol. The van der Waals surface area contributed by atoms with Gasteiger partial charge in [0.25, 0.3) is 5.91 Å². The third-order valence-electron chi connectivity index (χ3n) is 3.56. The summed E-state index contributed by atoms with van der Waals surface area (Å²) < 4.78 is 0. The molecule has 0 bridgehead atoms. The van der Waals surface area contributed by atoms with Crippen LogP contribution in [0.3, 0.4) is 0 Å². The molecule has 0 saturated carbocycles. The Kier molecular flexibility index (Phi) is 5.24. The Morgan fingerprint density at radius 1 is 0.846 bits per heavy atom. The molecule has 0 spiro atoms. The van der Waals surface area contributed by atoms with Gasteiger partial charge in [0, 0.05) is 34.4 Å². The average molecular weight is 367 g/mol. The van der Waals surface area contributed by atoms with Crippen LogP contribution in [-0.2, 0) is 0 Å². The predicted octanol–water partition coefficient (Wildman–Crippen LogP) is 4.33. The second-order valence-electron chi connectivity index (χ2n) is 5.51. The van der Waals surface area contributed by atoms with Crippen molar-refractivity contribution in [2.45, 2.75) is 6.92 Å². The van der Waals surface area contributed by atoms with Crippen LogP contribution in [0, 0.1) is 0 Å². The molecule has 0 unspecified atom stereocenters. The number of halogens is 1. The first kappa shape index (κ1) is 17.6. The molecule has 0 aliphatic rings. The standard InChI is InChI=1S/C19H15ClN4O2/c1-12(25)13-2-6-17(7-3-13)24-19-21-10-14(11-22-19)18(26)23-16-8-4-15(20)5-9-16/h2-11H,1H3,(H,23,26)(H,21,22,24). The number of nitrogens with zero attached hydrogens (tertiary/aromatic N) is 2. The molecule has 26 heavy (non-hydrogen) atoms. The molecule has 2 N–H and O–H groups in total. The van der Waals surface area contributed by atoms with Gasteiger partial charge in [0.2, 0.25) is 5.95 Å². The summed E-state index contributed by atoms with van der Waals surface area (Å²) in [5.74, 6) is 0.0390. The van der Waals surface area contributed by atoms with E-state index in [0.29, 0.717) is 27.8 Å². The van der Waals surface area contributed by atoms with E-state index in [9.17, 15) is 9.59 Å². The summed E-state index contributed by atoms with van der Waals surface area (Å²) in [7, 11) is 0. The van der Waals surface area contributed by atoms with E-state index in [-0.39, 0.29) is 11.7 Å². The minimum absolute atomic E-state index is 0.00357. The SMILES string of the molecule is CC(=O)c1ccc(Nc2ncc(C(=O)Nc3ccc(Cl)cc3)cn2)cc1. The highest BCUT2D eigenvalue weighted by atomic mass is 35.5. The zero-order valence-electron chi connectivity index (χ0n) is 13.9. The van der Waals surface area contributed by atoms with Gasteiger partial charge in [0.05, 0.1) is 5.56 Å². The van der Waals surface area contributed by atoms with Crippen LogP contribution in [0.25, 0.3) is 0 Å². The lowest BCUT2D eigenvalue weighted by molar-refractivity contribution is 0.101. The lowest BCUT2D eigenvalue weighted by Crippen LogP contribution is -2.13. The van der Waals surface area contributed by atoms with E-state index >= 15 is 0 Å². The summed E-state index contributed by atoms with van der Waals surface area (Å²) in [5.41, 5.74) is 2.34. The smallest absolute Gasteiger partial charge is 0.258 e. The molecule has 7 heteroatoms. The van der Waals surface area contributed by atoms with Gasteiger partial charge in [-0.1, -0.05) is 11.6 Å². The summed E-state index contributed by atoms with van der Waals surface area (Å²) in [5, 5.41) is 6.35. The molecule has 0 aliphatic heterocycles. The quantitative estimate of drug-likeness (QED) is 0.656. The largest absolute Gasteiger partial charge is 0.324 e. The van der Waals surface area contributed by atoms with Gasteiger partial charge in [-0.3, -0.25) is 9.59 Å². The van der Waals surface area contributed by atoms with Gasteiger partial charge in [-0.05, 0) is 55.5 Å². The second kappa shape index (κ2) is 7.76. The molecule has 0 aliphatic carbocycles. The lowest BCUT2D eigenvalue weighted by Gasteiger charge is -2.07. The number of benzene rings is 2. The first-order valence-electron chi connectivity index (χ1n) is 7.78. The molecular weight excluding hydrogens is 352 g/mol. The van der Waals surface area contributed by atoms with Gasteiger partial charge in [-0.15, -0.1) is 0 Å². The van der Waals surface area contributed by atoms with Crippen molar-refractivity contribution >= 4 is 40.6 Å². The van der Waals surface area contributed by atoms with Crippen molar-refractivity contribution in [3.05, 3.63) is 77.1 Å². The molecule has 3 rings (SSSR count). The van der Waals surface area contributed by atoms with E-state index in [2.05, 4.69) is 20.6 Å². The summed E-state index contributed by atoms with van der Waals surface area (Å²) >= 11 is 5.82. The van der Waals surface area contributed by atoms with Gasteiger partial charge in [-0.2, -0.15) is 0 Å². The number of Topliss-reactive ketones (excluding diaryl/α,β-unsaturated/α-hetero) is 1. The van der Waals surface area contributed by atoms with Crippen molar-refractivity contribution in [1.82, 2.24) is 9.97 Å². The van der Waals surface area contributed by atoms with Crippen LogP contribution >= 0.6 is 11.6 Å². The maximum absolute atomic E-state index is 12.2. The van der Waals surface area contributed by atoms with E-state index in [4.69, 9.17) is 11.6 Å². The first-order valence-corrected chi connectivity index (χ1v) is 8.16. The number of ketones is 1. The van der Waals surface area contributed by atoms with Crippen LogP contribution in [0.4, 0.5) is 17.3 Å². The number of carbonyl (C=O) groups is 2. The van der Waals surface area contributed by atoms with Crippen LogP contribution in [-0.4, -0.2) is 21.7 Å². The highest BCUT2D eigenvalue weighted by Crippen LogP contribution is 2.16. The van der Waals surface area contributed by atoms with Gasteiger partial charge in [0.1, 0.15) is 0 Å². The fourth-order valence-corrected chi connectivity index (χ4v) is 2.29. The fraction of sp³-hybridized carbons (Fsp3) is 0.0526. The number of rotatable bonds is 5. The maximum atomic E-state index is 12.2. The Hall–Kier alpha value is -3.25. The van der Waals surface area contributed by atoms with Crippen LogP contribution < -0.4 is 10.6 Å². The van der Waals surface area contributed by atoms with E-state index in [1.807, 2.05) is 0 Å². The number of hydrogen-bond donors (Lipinski definition) is 2. The minimum atomic E-state index is -0.315. The van der Waals surface area contributed by atoms with Crippen molar-refractivity contribution in [1.29, 1.82) is 0 Å². The van der Waals surface area contributed by atoms with Crippen LogP contribution in [0.15, 0.2) is 60.9 Å². The first-order chi connectivity index (χ1) is 12.5. The number of aromatic nitrogens is 2. The average Bonchev–Trinajstić information content (AvgIpc) is 2.64. The molecule has 2 aromatic carbocycles. The van der Waals surface area contributed by atoms with Crippen molar-refractivity contribution in [2.75, 3.05) is 10.6 Å². The number of nitrogens with one attached hydrogen (secondary N) is 2. The fourth-order valence-electron chi connectivity index (χ4n) is 2.16. The van der Waals surface area contributed by atoms with Crippen molar-refractivity contribution in [2.24, 2.45) is 0 Å². The van der Waals surface area contributed by atoms with Crippen LogP contribution in [0.1, 0.15) is 27.6 Å². The third-order valence-corrected chi connectivity index (χ3v) is 3.82. The highest BCUT2D eigenvalue weighted by molar-refractivity contribution is 6.30. The normalized spacial score (nSPS) is 10.2. The molecule has 0 radical (unpaired) electrons. The number of amides is 1. The van der Waals surface area contributed by atoms with Gasteiger partial charge in [-0.25, -0.2) is 9.97 Å². The molecule has 130 valence electrons. The number of hydrogen-bond acceptors (Lipinski definition) is 5. The van der Waals surface area contributed by atoms with E-state index < -0.39 is 0 Å². The molecular formula is C19H15ClN4O2. The Morgan fingerprint density at radius 3 is 2.00 bits per heavy atom. The van der Waals surface area contributed by atoms with E-state index in [0.717, 1.165) is 5.69 Å². The van der Waals surface area contributed by atoms with Crippen LogP contribution in [0.5, 0.6) is 0 Å². The van der Waals surface area contributed by atoms with Crippen molar-refractivity contribution in [3.63, 3.8) is 0 Å². The Morgan fingerprint density at radius 2 is 1.42 bits per heavy atom. The lowest BCUT2D eigenvalue weighted by atomic mass is 10.1. The summed E-state index contributed by atoms with van der Waals surface area (Å²) in [6, 6.07) is 13.8. The highest BCUT2D eigenvalue weighted by Gasteiger charge is 2.08. The van der Waals surface area contributed by atoms with Crippen molar-refractivity contribution < 1.29 is 9.59 Å². The zero-order chi connectivity index (χ0) is 18.5. The minimum Gasteiger partial charge on any atom is -0.324 e. The van der Waals surface area contributed by atoms with Gasteiger partial charge >= 0.3 is 0 Å². The number of carbonyl (C=O) groups excluding carboxylic acids is 2. The summed E-state index contributed by atoms with van der Waals surface area (Å²) in [4.78, 5) is 31.7. The zero-order valence-corrected chi connectivity index (χ0v) is 14.6. The molecule has 0 fully saturated rings. The van der Waals surface area contributed by atoms with Gasteiger partial charge in [0.15, 0.2) is 5.78 Å².